The van der Waals surface area contributed by atoms with Crippen LogP contribution in [0.25, 0.3) is 0 Å². The molecular formula is C16H14FN7O. The van der Waals surface area contributed by atoms with Crippen LogP contribution in [0.2, 0.25) is 0 Å². The number of nitrogens with one attached hydrogen (secondary N) is 3. The largest absolute Gasteiger partial charge is 0.365 e. The average Bonchev–Trinajstić information content (AvgIpc) is 3.11. The second-order valence-electron chi connectivity index (χ2n) is 5.09. The van der Waals surface area contributed by atoms with E-state index in [0.29, 0.717) is 16.9 Å². The summed E-state index contributed by atoms with van der Waals surface area (Å²) in [5.41, 5.74) is 5.95. The van der Waals surface area contributed by atoms with Crippen molar-refractivity contribution in [1.29, 1.82) is 5.41 Å². The summed E-state index contributed by atoms with van der Waals surface area (Å²) in [6.45, 7) is 0.199. The predicted octanol–water partition coefficient (Wildman–Crippen LogP) is 1.47. The Morgan fingerprint density at radius 3 is 2.80 bits per heavy atom. The van der Waals surface area contributed by atoms with Gasteiger partial charge in [-0.1, -0.05) is 18.2 Å². The number of aromatic amines is 1. The molecule has 0 radical (unpaired) electrons. The first kappa shape index (κ1) is 16.2. The Morgan fingerprint density at radius 1 is 1.28 bits per heavy atom. The zero-order valence-corrected chi connectivity index (χ0v) is 13.0. The number of nitrogens with two attached hydrogens (primary N) is 1. The number of amides is 1. The molecular weight excluding hydrogens is 325 g/mol. The molecule has 0 atom stereocenters. The fraction of sp³-hybridized carbons (Fsp3) is 0.0625. The molecule has 0 aliphatic rings. The van der Waals surface area contributed by atoms with Gasteiger partial charge in [-0.25, -0.2) is 14.4 Å². The van der Waals surface area contributed by atoms with Crippen molar-refractivity contribution in [3.05, 3.63) is 71.2 Å². The summed E-state index contributed by atoms with van der Waals surface area (Å²) in [4.78, 5) is 19.1. The van der Waals surface area contributed by atoms with Crippen molar-refractivity contribution in [1.82, 2.24) is 20.2 Å². The number of hydrogen-bond acceptors (Lipinski definition) is 6. The number of aromatic nitrogens is 4. The van der Waals surface area contributed by atoms with E-state index in [-0.39, 0.29) is 29.7 Å². The summed E-state index contributed by atoms with van der Waals surface area (Å²) in [6, 6.07) is 9.68. The van der Waals surface area contributed by atoms with Crippen LogP contribution in [-0.2, 0) is 6.54 Å². The SMILES string of the molecule is N=C(c1n[nH]c(C(N)=O)n1)c1cccnc1NCc1ccccc1F. The highest BCUT2D eigenvalue weighted by Gasteiger charge is 2.17. The van der Waals surface area contributed by atoms with Crippen molar-refractivity contribution >= 4 is 17.4 Å². The van der Waals surface area contributed by atoms with Crippen molar-refractivity contribution < 1.29 is 9.18 Å². The van der Waals surface area contributed by atoms with Gasteiger partial charge in [-0.3, -0.25) is 15.3 Å². The molecule has 1 amide bonds. The fourth-order valence-electron chi connectivity index (χ4n) is 2.17. The van der Waals surface area contributed by atoms with Crippen LogP contribution in [0.15, 0.2) is 42.6 Å². The lowest BCUT2D eigenvalue weighted by Gasteiger charge is -2.11. The van der Waals surface area contributed by atoms with E-state index < -0.39 is 5.91 Å². The smallest absolute Gasteiger partial charge is 0.286 e. The standard InChI is InChI=1S/C16H14FN7O/c17-11-6-2-1-4-9(11)8-21-14-10(5-3-7-20-14)12(18)15-22-16(13(19)25)24-23-15/h1-7,18H,8H2,(H2,19,25)(H,20,21)(H,22,23,24). The maximum atomic E-state index is 13.7. The molecule has 1 aromatic carbocycles. The van der Waals surface area contributed by atoms with Gasteiger partial charge in [0.2, 0.25) is 5.82 Å². The van der Waals surface area contributed by atoms with Crippen LogP contribution in [-0.4, -0.2) is 31.8 Å². The van der Waals surface area contributed by atoms with Crippen LogP contribution < -0.4 is 11.1 Å². The van der Waals surface area contributed by atoms with Crippen molar-refractivity contribution in [2.45, 2.75) is 6.54 Å². The number of benzene rings is 1. The van der Waals surface area contributed by atoms with Crippen LogP contribution in [0.1, 0.15) is 27.6 Å². The minimum atomic E-state index is -0.768. The lowest BCUT2D eigenvalue weighted by molar-refractivity contribution is 0.0991. The van der Waals surface area contributed by atoms with Gasteiger partial charge in [-0.2, -0.15) is 5.10 Å². The molecule has 5 N–H and O–H groups in total. The average molecular weight is 339 g/mol. The van der Waals surface area contributed by atoms with Gasteiger partial charge in [0.15, 0.2) is 5.82 Å². The Bertz CT molecular complexity index is 937. The lowest BCUT2D eigenvalue weighted by Crippen LogP contribution is -2.14. The number of nitrogens with zero attached hydrogens (tertiary/aromatic N) is 3. The topological polar surface area (TPSA) is 133 Å². The molecule has 0 aliphatic heterocycles. The fourth-order valence-corrected chi connectivity index (χ4v) is 2.17. The van der Waals surface area contributed by atoms with E-state index in [0.717, 1.165) is 0 Å². The first-order valence-electron chi connectivity index (χ1n) is 7.30. The molecule has 0 aliphatic carbocycles. The Kier molecular flexibility index (Phi) is 4.46. The summed E-state index contributed by atoms with van der Waals surface area (Å²) in [5.74, 6) is -0.848. The second kappa shape index (κ2) is 6.87. The molecule has 0 bridgehead atoms. The summed E-state index contributed by atoms with van der Waals surface area (Å²) < 4.78 is 13.7. The van der Waals surface area contributed by atoms with Gasteiger partial charge in [-0.05, 0) is 18.2 Å². The van der Waals surface area contributed by atoms with E-state index in [1.807, 2.05) is 0 Å². The van der Waals surface area contributed by atoms with Gasteiger partial charge in [0.1, 0.15) is 17.3 Å². The Balaban J connectivity index is 1.84. The quantitative estimate of drug-likeness (QED) is 0.505. The van der Waals surface area contributed by atoms with Crippen molar-refractivity contribution in [2.75, 3.05) is 5.32 Å². The van der Waals surface area contributed by atoms with Crippen molar-refractivity contribution in [3.63, 3.8) is 0 Å². The summed E-state index contributed by atoms with van der Waals surface area (Å²) >= 11 is 0. The zero-order valence-electron chi connectivity index (χ0n) is 13.0. The number of anilines is 1. The van der Waals surface area contributed by atoms with E-state index in [4.69, 9.17) is 11.1 Å². The van der Waals surface area contributed by atoms with Crippen molar-refractivity contribution in [2.24, 2.45) is 5.73 Å². The lowest BCUT2D eigenvalue weighted by atomic mass is 10.1. The number of pyridine rings is 1. The normalized spacial score (nSPS) is 10.4. The highest BCUT2D eigenvalue weighted by Crippen LogP contribution is 2.17. The van der Waals surface area contributed by atoms with Crippen LogP contribution in [0.3, 0.4) is 0 Å². The van der Waals surface area contributed by atoms with E-state index in [1.165, 1.54) is 6.07 Å². The Labute approximate surface area is 141 Å². The molecule has 0 unspecified atom stereocenters. The molecule has 3 aromatic rings. The first-order valence-corrected chi connectivity index (χ1v) is 7.30. The number of rotatable bonds is 6. The number of carbonyl (C=O) groups excluding carboxylic acids is 1. The zero-order chi connectivity index (χ0) is 17.8. The third-order valence-electron chi connectivity index (χ3n) is 3.42. The molecule has 0 fully saturated rings. The van der Waals surface area contributed by atoms with E-state index >= 15 is 0 Å². The number of primary amides is 1. The maximum Gasteiger partial charge on any atom is 0.286 e. The first-order chi connectivity index (χ1) is 12.1. The number of hydrogen-bond donors (Lipinski definition) is 4. The maximum absolute atomic E-state index is 13.7. The number of H-pyrrole nitrogens is 1. The minimum Gasteiger partial charge on any atom is -0.365 e. The minimum absolute atomic E-state index is 0.00995. The van der Waals surface area contributed by atoms with Gasteiger partial charge in [0.05, 0.1) is 0 Å². The van der Waals surface area contributed by atoms with Gasteiger partial charge in [-0.15, -0.1) is 0 Å². The van der Waals surface area contributed by atoms with Crippen molar-refractivity contribution in [3.8, 4) is 0 Å². The van der Waals surface area contributed by atoms with Gasteiger partial charge < -0.3 is 11.1 Å². The number of halogens is 1. The highest BCUT2D eigenvalue weighted by molar-refractivity contribution is 6.11. The molecule has 8 nitrogen and oxygen atoms in total. The Hall–Kier alpha value is -3.62. The third kappa shape index (κ3) is 3.50. The molecule has 126 valence electrons. The highest BCUT2D eigenvalue weighted by atomic mass is 19.1. The Morgan fingerprint density at radius 2 is 2.08 bits per heavy atom. The molecule has 2 heterocycles. The van der Waals surface area contributed by atoms with Crippen LogP contribution in [0.4, 0.5) is 10.2 Å². The molecule has 9 heteroatoms. The van der Waals surface area contributed by atoms with Crippen LogP contribution in [0, 0.1) is 11.2 Å². The van der Waals surface area contributed by atoms with Gasteiger partial charge in [0.25, 0.3) is 5.91 Å². The molecule has 25 heavy (non-hydrogen) atoms. The summed E-state index contributed by atoms with van der Waals surface area (Å²) in [6.07, 6.45) is 1.55. The summed E-state index contributed by atoms with van der Waals surface area (Å²) in [5, 5.41) is 17.4. The molecule has 0 saturated heterocycles. The van der Waals surface area contributed by atoms with E-state index in [1.54, 1.807) is 36.5 Å². The summed E-state index contributed by atoms with van der Waals surface area (Å²) in [7, 11) is 0. The number of carbonyl (C=O) groups is 1. The molecule has 2 aromatic heterocycles. The third-order valence-corrected chi connectivity index (χ3v) is 3.42. The van der Waals surface area contributed by atoms with E-state index in [2.05, 4.69) is 25.5 Å². The van der Waals surface area contributed by atoms with E-state index in [9.17, 15) is 9.18 Å². The second-order valence-corrected chi connectivity index (χ2v) is 5.09. The molecule has 0 spiro atoms. The van der Waals surface area contributed by atoms with Gasteiger partial charge >= 0.3 is 0 Å². The van der Waals surface area contributed by atoms with Gasteiger partial charge in [0, 0.05) is 23.9 Å². The molecule has 3 rings (SSSR count). The van der Waals surface area contributed by atoms with Crippen LogP contribution >= 0.6 is 0 Å². The van der Waals surface area contributed by atoms with Crippen LogP contribution in [0.5, 0.6) is 0 Å². The predicted molar refractivity (Wildman–Crippen MR) is 88.8 cm³/mol. The monoisotopic (exact) mass is 339 g/mol. The molecule has 0 saturated carbocycles.